The molecule has 0 aromatic carbocycles. The molecule has 0 unspecified atom stereocenters. The highest BCUT2D eigenvalue weighted by molar-refractivity contribution is 5.78. The Morgan fingerprint density at radius 3 is 2.72 bits per heavy atom. The summed E-state index contributed by atoms with van der Waals surface area (Å²) in [5.41, 5.74) is 0. The Balaban J connectivity index is 1.61. The molecule has 0 aliphatic carbocycles. The highest BCUT2D eigenvalue weighted by Crippen LogP contribution is 2.44. The van der Waals surface area contributed by atoms with E-state index in [1.807, 2.05) is 4.90 Å². The van der Waals surface area contributed by atoms with Crippen LogP contribution in [0.1, 0.15) is 58.2 Å². The maximum Gasteiger partial charge on any atom is 0.451 e. The van der Waals surface area contributed by atoms with Gasteiger partial charge in [-0.15, -0.1) is 0 Å². The van der Waals surface area contributed by atoms with Crippen LogP contribution in [-0.4, -0.2) is 45.9 Å². The lowest BCUT2D eigenvalue weighted by atomic mass is 9.71. The molecular formula is C21H29F3N4O. The zero-order chi connectivity index (χ0) is 20.8. The average Bonchev–Trinajstić information content (AvgIpc) is 2.67. The van der Waals surface area contributed by atoms with E-state index in [0.717, 1.165) is 32.1 Å². The van der Waals surface area contributed by atoms with Crippen LogP contribution in [0, 0.1) is 17.8 Å². The van der Waals surface area contributed by atoms with Crippen molar-refractivity contribution in [3.05, 3.63) is 18.1 Å². The van der Waals surface area contributed by atoms with Gasteiger partial charge in [0.25, 0.3) is 0 Å². The minimum Gasteiger partial charge on any atom is -0.356 e. The fraction of sp³-hybridized carbons (Fsp3) is 0.762. The van der Waals surface area contributed by atoms with Crippen LogP contribution in [0.5, 0.6) is 0 Å². The number of carbonyl (C=O) groups is 1. The van der Waals surface area contributed by atoms with E-state index in [2.05, 4.69) is 28.7 Å². The largest absolute Gasteiger partial charge is 0.451 e. The molecule has 8 heteroatoms. The third-order valence-corrected chi connectivity index (χ3v) is 6.75. The van der Waals surface area contributed by atoms with E-state index in [0.29, 0.717) is 31.2 Å². The molecule has 160 valence electrons. The summed E-state index contributed by atoms with van der Waals surface area (Å²) in [5, 5.41) is 0. The molecule has 3 aliphatic rings. The van der Waals surface area contributed by atoms with Gasteiger partial charge in [0.05, 0.1) is 0 Å². The van der Waals surface area contributed by atoms with Gasteiger partial charge in [0.1, 0.15) is 5.82 Å². The molecule has 0 N–H and O–H groups in total. The molecule has 4 atom stereocenters. The van der Waals surface area contributed by atoms with Crippen molar-refractivity contribution in [2.75, 3.05) is 18.0 Å². The van der Waals surface area contributed by atoms with Gasteiger partial charge in [-0.05, 0) is 55.9 Å². The molecule has 3 aliphatic heterocycles. The number of piperidine rings is 3. The standard InChI is InChI=1S/C21H29F3N4O/c1-13(2)6-7-17-15-10-14(16-4-3-5-19(29)28(16)17)11-27(12-15)18-8-9-25-20(26-18)21(22,23)24/h8-9,13-17H,3-7,10-12H2,1-2H3/t14-,15+,16+,17+/m1/s1. The molecule has 4 heterocycles. The number of amides is 1. The predicted octanol–water partition coefficient (Wildman–Crippen LogP) is 4.14. The Morgan fingerprint density at radius 2 is 2.00 bits per heavy atom. The minimum absolute atomic E-state index is 0.179. The monoisotopic (exact) mass is 410 g/mol. The number of rotatable bonds is 4. The van der Waals surface area contributed by atoms with Crippen molar-refractivity contribution in [1.29, 1.82) is 0 Å². The van der Waals surface area contributed by atoms with Crippen molar-refractivity contribution >= 4 is 11.7 Å². The second kappa shape index (κ2) is 7.76. The van der Waals surface area contributed by atoms with Crippen LogP contribution in [0.4, 0.5) is 19.0 Å². The Kier molecular flexibility index (Phi) is 5.46. The number of halogens is 3. The first-order valence-corrected chi connectivity index (χ1v) is 10.7. The van der Waals surface area contributed by atoms with Gasteiger partial charge in [0.2, 0.25) is 11.7 Å². The van der Waals surface area contributed by atoms with Crippen molar-refractivity contribution in [1.82, 2.24) is 14.9 Å². The first kappa shape index (κ1) is 20.4. The lowest BCUT2D eigenvalue weighted by molar-refractivity contribution is -0.149. The van der Waals surface area contributed by atoms with Crippen LogP contribution in [0.15, 0.2) is 12.3 Å². The number of fused-ring (bicyclic) bond motifs is 4. The van der Waals surface area contributed by atoms with Gasteiger partial charge in [0, 0.05) is 37.8 Å². The zero-order valence-electron chi connectivity index (χ0n) is 17.0. The quantitative estimate of drug-likeness (QED) is 0.749. The Labute approximate surface area is 169 Å². The number of nitrogens with zero attached hydrogens (tertiary/aromatic N) is 4. The summed E-state index contributed by atoms with van der Waals surface area (Å²) < 4.78 is 39.2. The molecule has 3 saturated heterocycles. The Morgan fingerprint density at radius 1 is 1.24 bits per heavy atom. The number of carbonyl (C=O) groups excluding carboxylic acids is 1. The molecule has 0 spiro atoms. The minimum atomic E-state index is -4.55. The predicted molar refractivity (Wildman–Crippen MR) is 103 cm³/mol. The number of hydrogen-bond acceptors (Lipinski definition) is 4. The molecule has 5 nitrogen and oxygen atoms in total. The van der Waals surface area contributed by atoms with Gasteiger partial charge in [0.15, 0.2) is 0 Å². The molecule has 3 fully saturated rings. The van der Waals surface area contributed by atoms with E-state index in [1.54, 1.807) is 6.07 Å². The van der Waals surface area contributed by atoms with Gasteiger partial charge in [-0.3, -0.25) is 4.79 Å². The van der Waals surface area contributed by atoms with E-state index in [-0.39, 0.29) is 29.8 Å². The van der Waals surface area contributed by atoms with E-state index in [9.17, 15) is 18.0 Å². The van der Waals surface area contributed by atoms with Gasteiger partial charge in [-0.2, -0.15) is 13.2 Å². The fourth-order valence-electron chi connectivity index (χ4n) is 5.50. The molecule has 29 heavy (non-hydrogen) atoms. The summed E-state index contributed by atoms with van der Waals surface area (Å²) in [4.78, 5) is 24.2. The van der Waals surface area contributed by atoms with Crippen molar-refractivity contribution in [3.63, 3.8) is 0 Å². The highest BCUT2D eigenvalue weighted by Gasteiger charge is 2.49. The molecule has 2 bridgehead atoms. The number of aromatic nitrogens is 2. The third-order valence-electron chi connectivity index (χ3n) is 6.75. The summed E-state index contributed by atoms with van der Waals surface area (Å²) in [5.74, 6) is 0.644. The lowest BCUT2D eigenvalue weighted by Gasteiger charge is -2.57. The van der Waals surface area contributed by atoms with Crippen molar-refractivity contribution < 1.29 is 18.0 Å². The maximum absolute atomic E-state index is 13.1. The van der Waals surface area contributed by atoms with Gasteiger partial charge in [-0.25, -0.2) is 9.97 Å². The molecule has 1 aromatic rings. The molecular weight excluding hydrogens is 381 g/mol. The topological polar surface area (TPSA) is 49.3 Å². The second-order valence-corrected chi connectivity index (χ2v) is 9.20. The van der Waals surface area contributed by atoms with E-state index >= 15 is 0 Å². The normalized spacial score (nSPS) is 29.9. The summed E-state index contributed by atoms with van der Waals surface area (Å²) in [6.07, 6.45) is 2.23. The Hall–Kier alpha value is -1.86. The smallest absolute Gasteiger partial charge is 0.356 e. The summed E-state index contributed by atoms with van der Waals surface area (Å²) in [6.45, 7) is 5.67. The summed E-state index contributed by atoms with van der Waals surface area (Å²) in [6, 6.07) is 1.96. The van der Waals surface area contributed by atoms with Gasteiger partial charge in [-0.1, -0.05) is 13.8 Å². The van der Waals surface area contributed by atoms with Crippen LogP contribution in [-0.2, 0) is 11.0 Å². The van der Waals surface area contributed by atoms with Crippen molar-refractivity contribution in [3.8, 4) is 0 Å². The number of anilines is 1. The van der Waals surface area contributed by atoms with E-state index in [4.69, 9.17) is 0 Å². The zero-order valence-corrected chi connectivity index (χ0v) is 17.0. The van der Waals surface area contributed by atoms with Crippen LogP contribution in [0.3, 0.4) is 0 Å². The van der Waals surface area contributed by atoms with E-state index in [1.165, 1.54) is 6.20 Å². The molecule has 1 amide bonds. The first-order valence-electron chi connectivity index (χ1n) is 10.7. The molecule has 4 rings (SSSR count). The van der Waals surface area contributed by atoms with Gasteiger partial charge >= 0.3 is 6.18 Å². The number of alkyl halides is 3. The van der Waals surface area contributed by atoms with Crippen LogP contribution < -0.4 is 4.90 Å². The highest BCUT2D eigenvalue weighted by atomic mass is 19.4. The Bertz CT molecular complexity index is 754. The van der Waals surface area contributed by atoms with E-state index < -0.39 is 12.0 Å². The lowest BCUT2D eigenvalue weighted by Crippen LogP contribution is -2.65. The molecule has 0 radical (unpaired) electrons. The molecule has 0 saturated carbocycles. The fourth-order valence-corrected chi connectivity index (χ4v) is 5.50. The summed E-state index contributed by atoms with van der Waals surface area (Å²) >= 11 is 0. The third kappa shape index (κ3) is 4.08. The van der Waals surface area contributed by atoms with Crippen LogP contribution >= 0.6 is 0 Å². The summed E-state index contributed by atoms with van der Waals surface area (Å²) in [7, 11) is 0. The first-order chi connectivity index (χ1) is 13.7. The number of hydrogen-bond donors (Lipinski definition) is 0. The average molecular weight is 410 g/mol. The van der Waals surface area contributed by atoms with Crippen molar-refractivity contribution in [2.24, 2.45) is 17.8 Å². The maximum atomic E-state index is 13.1. The second-order valence-electron chi connectivity index (χ2n) is 9.20. The van der Waals surface area contributed by atoms with Crippen LogP contribution in [0.2, 0.25) is 0 Å². The van der Waals surface area contributed by atoms with Crippen molar-refractivity contribution in [2.45, 2.75) is 70.6 Å². The van der Waals surface area contributed by atoms with Crippen LogP contribution in [0.25, 0.3) is 0 Å². The van der Waals surface area contributed by atoms with Gasteiger partial charge < -0.3 is 9.80 Å². The SMILES string of the molecule is CC(C)CC[C@H]1[C@H]2C[C@H](CN(c3ccnc(C(F)(F)F)n3)C2)[C@@H]2CCCC(=O)N21. The molecule has 1 aromatic heterocycles.